The summed E-state index contributed by atoms with van der Waals surface area (Å²) < 4.78 is 0. The van der Waals surface area contributed by atoms with Crippen molar-refractivity contribution in [1.29, 1.82) is 0 Å². The fourth-order valence-electron chi connectivity index (χ4n) is 0.288. The van der Waals surface area contributed by atoms with Gasteiger partial charge >= 0.3 is 5.97 Å². The molecule has 51 valence electrons. The number of nitrogens with one attached hydrogen (secondary N) is 1. The minimum absolute atomic E-state index is 0.421. The quantitative estimate of drug-likeness (QED) is 0.492. The number of hydrogen-bond acceptors (Lipinski definition) is 2. The van der Waals surface area contributed by atoms with Crippen LogP contribution < -0.4 is 11.5 Å². The van der Waals surface area contributed by atoms with Gasteiger partial charge in [-0.25, -0.2) is 5.73 Å². The van der Waals surface area contributed by atoms with Gasteiger partial charge in [-0.2, -0.15) is 0 Å². The standard InChI is InChI=1S/C4H7N2O3/c5-2(4(8)9)1-3(6)7/h2,5H,1H2,(H2,6,7)(H,8,9)/t2-/m0/s1. The van der Waals surface area contributed by atoms with Crippen molar-refractivity contribution in [2.24, 2.45) is 5.73 Å². The highest BCUT2D eigenvalue weighted by molar-refractivity contribution is 5.82. The van der Waals surface area contributed by atoms with Gasteiger partial charge in [0.25, 0.3) is 0 Å². The molecular formula is C4H7N2O3. The number of hydrogen-bond donors (Lipinski definition) is 2. The summed E-state index contributed by atoms with van der Waals surface area (Å²) >= 11 is 0. The molecule has 9 heavy (non-hydrogen) atoms. The highest BCUT2D eigenvalue weighted by Crippen LogP contribution is 1.86. The Morgan fingerprint density at radius 1 is 1.67 bits per heavy atom. The van der Waals surface area contributed by atoms with Crippen LogP contribution in [0.2, 0.25) is 0 Å². The predicted molar refractivity (Wildman–Crippen MR) is 28.3 cm³/mol. The SMILES string of the molecule is [NH][C@@H](CC(N)=O)C(=O)O. The van der Waals surface area contributed by atoms with Gasteiger partial charge in [-0.1, -0.05) is 0 Å². The lowest BCUT2D eigenvalue weighted by atomic mass is 10.2. The first-order valence-electron chi connectivity index (χ1n) is 2.26. The number of rotatable bonds is 3. The monoisotopic (exact) mass is 131 g/mol. The van der Waals surface area contributed by atoms with Crippen molar-refractivity contribution >= 4 is 11.9 Å². The first-order chi connectivity index (χ1) is 4.04. The van der Waals surface area contributed by atoms with E-state index in [1.165, 1.54) is 0 Å². The molecule has 4 N–H and O–H groups in total. The first-order valence-corrected chi connectivity index (χ1v) is 2.26. The summed E-state index contributed by atoms with van der Waals surface area (Å²) in [6.45, 7) is 0. The molecule has 1 atom stereocenters. The van der Waals surface area contributed by atoms with Crippen molar-refractivity contribution in [3.05, 3.63) is 0 Å². The van der Waals surface area contributed by atoms with E-state index in [1.807, 2.05) is 0 Å². The Labute approximate surface area is 51.6 Å². The smallest absolute Gasteiger partial charge is 0.322 e. The fraction of sp³-hybridized carbons (Fsp3) is 0.500. The second kappa shape index (κ2) is 3.03. The molecule has 1 radical (unpaired) electrons. The predicted octanol–water partition coefficient (Wildman–Crippen LogP) is -1.40. The average molecular weight is 131 g/mol. The van der Waals surface area contributed by atoms with Gasteiger partial charge in [-0.3, -0.25) is 9.59 Å². The van der Waals surface area contributed by atoms with Crippen LogP contribution in [0.15, 0.2) is 0 Å². The van der Waals surface area contributed by atoms with Gasteiger partial charge in [0.05, 0.1) is 6.42 Å². The zero-order chi connectivity index (χ0) is 7.44. The van der Waals surface area contributed by atoms with Crippen LogP contribution in [-0.4, -0.2) is 23.0 Å². The van der Waals surface area contributed by atoms with E-state index < -0.39 is 24.3 Å². The van der Waals surface area contributed by atoms with Crippen LogP contribution in [0.3, 0.4) is 0 Å². The number of carboxylic acids is 1. The minimum atomic E-state index is -1.41. The maximum atomic E-state index is 9.95. The van der Waals surface area contributed by atoms with Gasteiger partial charge in [0.15, 0.2) is 0 Å². The Balaban J connectivity index is 3.63. The Kier molecular flexibility index (Phi) is 2.66. The zero-order valence-corrected chi connectivity index (χ0v) is 4.63. The lowest BCUT2D eigenvalue weighted by Gasteiger charge is -1.98. The van der Waals surface area contributed by atoms with Crippen molar-refractivity contribution in [1.82, 2.24) is 5.73 Å². The van der Waals surface area contributed by atoms with Crippen LogP contribution >= 0.6 is 0 Å². The topological polar surface area (TPSA) is 104 Å². The van der Waals surface area contributed by atoms with E-state index >= 15 is 0 Å². The van der Waals surface area contributed by atoms with E-state index in [0.29, 0.717) is 0 Å². The van der Waals surface area contributed by atoms with E-state index in [1.54, 1.807) is 0 Å². The summed E-state index contributed by atoms with van der Waals surface area (Å²) in [5.74, 6) is -2.09. The molecule has 0 aliphatic rings. The van der Waals surface area contributed by atoms with E-state index in [4.69, 9.17) is 10.8 Å². The molecule has 5 nitrogen and oxygen atoms in total. The third kappa shape index (κ3) is 3.48. The van der Waals surface area contributed by atoms with Gasteiger partial charge in [0, 0.05) is 0 Å². The molecule has 1 amide bonds. The van der Waals surface area contributed by atoms with Crippen molar-refractivity contribution < 1.29 is 14.7 Å². The number of carboxylic acid groups (broad SMARTS) is 1. The third-order valence-electron chi connectivity index (χ3n) is 0.703. The summed E-state index contributed by atoms with van der Waals surface area (Å²) in [6, 6.07) is -1.41. The second-order valence-electron chi connectivity index (χ2n) is 1.56. The molecule has 5 heteroatoms. The highest BCUT2D eigenvalue weighted by Gasteiger charge is 2.14. The van der Waals surface area contributed by atoms with Crippen molar-refractivity contribution in [2.45, 2.75) is 12.5 Å². The van der Waals surface area contributed by atoms with Crippen LogP contribution in [0.25, 0.3) is 0 Å². The minimum Gasteiger partial charge on any atom is -0.480 e. The number of carbonyl (C=O) groups excluding carboxylic acids is 1. The molecule has 0 aromatic heterocycles. The Bertz CT molecular complexity index is 134. The number of carbonyl (C=O) groups is 2. The maximum Gasteiger partial charge on any atom is 0.322 e. The molecule has 0 bridgehead atoms. The van der Waals surface area contributed by atoms with E-state index in [0.717, 1.165) is 0 Å². The number of aliphatic carboxylic acids is 1. The maximum absolute atomic E-state index is 9.95. The fourth-order valence-corrected chi connectivity index (χ4v) is 0.288. The Hall–Kier alpha value is -1.10. The molecular weight excluding hydrogens is 124 g/mol. The lowest BCUT2D eigenvalue weighted by Crippen LogP contribution is -2.28. The van der Waals surface area contributed by atoms with Crippen LogP contribution in [0.5, 0.6) is 0 Å². The molecule has 0 aliphatic carbocycles. The van der Waals surface area contributed by atoms with Crippen molar-refractivity contribution in [3.63, 3.8) is 0 Å². The Morgan fingerprint density at radius 2 is 2.11 bits per heavy atom. The summed E-state index contributed by atoms with van der Waals surface area (Å²) in [5.41, 5.74) is 11.3. The van der Waals surface area contributed by atoms with Crippen molar-refractivity contribution in [2.75, 3.05) is 0 Å². The lowest BCUT2D eigenvalue weighted by molar-refractivity contribution is -0.140. The molecule has 0 unspecified atom stereocenters. The summed E-state index contributed by atoms with van der Waals surface area (Å²) in [4.78, 5) is 19.8. The Morgan fingerprint density at radius 3 is 2.22 bits per heavy atom. The zero-order valence-electron chi connectivity index (χ0n) is 4.63. The van der Waals surface area contributed by atoms with Crippen LogP contribution in [0, 0.1) is 0 Å². The van der Waals surface area contributed by atoms with Gasteiger partial charge in [0.2, 0.25) is 5.91 Å². The second-order valence-corrected chi connectivity index (χ2v) is 1.56. The van der Waals surface area contributed by atoms with Gasteiger partial charge in [-0.15, -0.1) is 0 Å². The van der Waals surface area contributed by atoms with E-state index in [9.17, 15) is 9.59 Å². The van der Waals surface area contributed by atoms with Crippen LogP contribution in [-0.2, 0) is 9.59 Å². The first kappa shape index (κ1) is 7.90. The molecule has 0 fully saturated rings. The number of nitrogens with two attached hydrogens (primary N) is 1. The van der Waals surface area contributed by atoms with Crippen molar-refractivity contribution in [3.8, 4) is 0 Å². The van der Waals surface area contributed by atoms with Gasteiger partial charge in [-0.05, 0) is 0 Å². The highest BCUT2D eigenvalue weighted by atomic mass is 16.4. The summed E-state index contributed by atoms with van der Waals surface area (Å²) in [7, 11) is 0. The normalized spacial score (nSPS) is 12.6. The number of amides is 1. The van der Waals surface area contributed by atoms with Crippen LogP contribution in [0.1, 0.15) is 6.42 Å². The number of primary amides is 1. The third-order valence-corrected chi connectivity index (χ3v) is 0.703. The van der Waals surface area contributed by atoms with E-state index in [-0.39, 0.29) is 0 Å². The molecule has 0 spiro atoms. The van der Waals surface area contributed by atoms with Gasteiger partial charge < -0.3 is 10.8 Å². The van der Waals surface area contributed by atoms with Gasteiger partial charge in [0.1, 0.15) is 6.04 Å². The van der Waals surface area contributed by atoms with Crippen LogP contribution in [0.4, 0.5) is 0 Å². The molecule has 0 saturated heterocycles. The molecule has 0 saturated carbocycles. The molecule has 0 aromatic rings. The molecule has 0 heterocycles. The average Bonchev–Trinajstić information content (AvgIpc) is 1.63. The summed E-state index contributed by atoms with van der Waals surface area (Å²) in [5, 5.41) is 8.04. The molecule has 0 aromatic carbocycles. The molecule has 0 aliphatic heterocycles. The molecule has 0 rings (SSSR count). The van der Waals surface area contributed by atoms with E-state index in [2.05, 4.69) is 5.73 Å². The largest absolute Gasteiger partial charge is 0.480 e. The summed E-state index contributed by atoms with van der Waals surface area (Å²) in [6.07, 6.45) is -0.421.